The normalized spacial score (nSPS) is 11.7. The molecule has 3 aromatic rings. The minimum absolute atomic E-state index is 0.00976. The number of alkyl halides is 3. The van der Waals surface area contributed by atoms with Gasteiger partial charge >= 0.3 is 12.1 Å². The maximum absolute atomic E-state index is 13.5. The Bertz CT molecular complexity index is 1160. The lowest BCUT2D eigenvalue weighted by Crippen LogP contribution is -2.35. The molecule has 0 aliphatic rings. The quantitative estimate of drug-likeness (QED) is 0.456. The summed E-state index contributed by atoms with van der Waals surface area (Å²) in [4.78, 5) is 29.1. The van der Waals surface area contributed by atoms with E-state index >= 15 is 0 Å². The number of halogens is 3. The zero-order valence-corrected chi connectivity index (χ0v) is 18.9. The number of aryl methyl sites for hydroxylation is 1. The number of nitrogens with zero attached hydrogens (tertiary/aromatic N) is 3. The van der Waals surface area contributed by atoms with Crippen LogP contribution in [-0.4, -0.2) is 44.1 Å². The Morgan fingerprint density at radius 1 is 1.12 bits per heavy atom. The molecule has 0 saturated heterocycles. The second kappa shape index (κ2) is 10.6. The Hall–Kier alpha value is -3.56. The molecule has 34 heavy (non-hydrogen) atoms. The number of ether oxygens (including phenoxy) is 1. The number of imidazole rings is 1. The van der Waals surface area contributed by atoms with Gasteiger partial charge < -0.3 is 19.3 Å². The van der Waals surface area contributed by atoms with Crippen molar-refractivity contribution in [2.24, 2.45) is 0 Å². The van der Waals surface area contributed by atoms with Crippen molar-refractivity contribution in [2.75, 3.05) is 6.54 Å². The third-order valence-corrected chi connectivity index (χ3v) is 5.06. The lowest BCUT2D eigenvalue weighted by molar-refractivity contribution is -0.147. The van der Waals surface area contributed by atoms with Gasteiger partial charge in [0.1, 0.15) is 12.3 Å². The zero-order chi connectivity index (χ0) is 24.9. The Balaban J connectivity index is 1.74. The van der Waals surface area contributed by atoms with E-state index in [1.54, 1.807) is 42.5 Å². The first kappa shape index (κ1) is 25.1. The van der Waals surface area contributed by atoms with E-state index in [0.29, 0.717) is 16.8 Å². The van der Waals surface area contributed by atoms with Gasteiger partial charge in [0.25, 0.3) is 0 Å². The molecule has 2 aromatic carbocycles. The molecule has 3 rings (SSSR count). The lowest BCUT2D eigenvalue weighted by Gasteiger charge is -2.23. The lowest BCUT2D eigenvalue weighted by atomic mass is 10.1. The van der Waals surface area contributed by atoms with Gasteiger partial charge in [0.05, 0.1) is 17.1 Å². The fourth-order valence-electron chi connectivity index (χ4n) is 3.67. The topological polar surface area (TPSA) is 84.7 Å². The van der Waals surface area contributed by atoms with Gasteiger partial charge in [-0.25, -0.2) is 4.98 Å². The highest BCUT2D eigenvalue weighted by Crippen LogP contribution is 2.31. The number of para-hydroxylation sites is 3. The summed E-state index contributed by atoms with van der Waals surface area (Å²) in [5.74, 6) is -2.14. The standard InChI is InChI=1S/C24H26F3N3O4/c1-16(2)34-20-11-6-3-8-17(20)14-29(15-22(32)33)21(31)12-7-13-30-19-10-5-4-9-18(19)28-23(30)24(25,26)27/h3-6,8-11,16H,7,12-15H2,1-2H3,(H,32,33). The van der Waals surface area contributed by atoms with Crippen molar-refractivity contribution in [3.63, 3.8) is 0 Å². The van der Waals surface area contributed by atoms with Crippen molar-refractivity contribution >= 4 is 22.9 Å². The number of carbonyl (C=O) groups is 2. The first-order chi connectivity index (χ1) is 16.1. The van der Waals surface area contributed by atoms with Crippen LogP contribution in [-0.2, 0) is 28.9 Å². The van der Waals surface area contributed by atoms with Crippen molar-refractivity contribution in [1.29, 1.82) is 0 Å². The van der Waals surface area contributed by atoms with Crippen molar-refractivity contribution in [3.8, 4) is 5.75 Å². The summed E-state index contributed by atoms with van der Waals surface area (Å²) in [7, 11) is 0. The van der Waals surface area contributed by atoms with Crippen LogP contribution in [0.3, 0.4) is 0 Å². The van der Waals surface area contributed by atoms with Crippen LogP contribution in [0.4, 0.5) is 13.2 Å². The summed E-state index contributed by atoms with van der Waals surface area (Å²) in [6, 6.07) is 13.3. The van der Waals surface area contributed by atoms with Crippen molar-refractivity contribution < 1.29 is 32.6 Å². The number of carbonyl (C=O) groups excluding carboxylic acids is 1. The number of fused-ring (bicyclic) bond motifs is 1. The van der Waals surface area contributed by atoms with Gasteiger partial charge in [0, 0.05) is 25.1 Å². The van der Waals surface area contributed by atoms with Crippen LogP contribution in [0.5, 0.6) is 5.75 Å². The van der Waals surface area contributed by atoms with E-state index in [-0.39, 0.29) is 37.6 Å². The van der Waals surface area contributed by atoms with Gasteiger partial charge in [-0.2, -0.15) is 13.2 Å². The average Bonchev–Trinajstić information content (AvgIpc) is 3.13. The fraction of sp³-hybridized carbons (Fsp3) is 0.375. The van der Waals surface area contributed by atoms with E-state index in [1.165, 1.54) is 11.0 Å². The monoisotopic (exact) mass is 477 g/mol. The Morgan fingerprint density at radius 2 is 1.79 bits per heavy atom. The minimum Gasteiger partial charge on any atom is -0.491 e. The van der Waals surface area contributed by atoms with E-state index in [2.05, 4.69) is 4.98 Å². The van der Waals surface area contributed by atoms with Gasteiger partial charge in [-0.3, -0.25) is 9.59 Å². The molecule has 10 heteroatoms. The van der Waals surface area contributed by atoms with Crippen LogP contribution in [0, 0.1) is 0 Å². The fourth-order valence-corrected chi connectivity index (χ4v) is 3.67. The number of aromatic nitrogens is 2. The van der Waals surface area contributed by atoms with E-state index in [9.17, 15) is 27.9 Å². The predicted molar refractivity (Wildman–Crippen MR) is 119 cm³/mol. The summed E-state index contributed by atoms with van der Waals surface area (Å²) in [5, 5.41) is 9.28. The summed E-state index contributed by atoms with van der Waals surface area (Å²) in [6.07, 6.45) is -4.79. The smallest absolute Gasteiger partial charge is 0.449 e. The van der Waals surface area contributed by atoms with Crippen LogP contribution in [0.2, 0.25) is 0 Å². The zero-order valence-electron chi connectivity index (χ0n) is 18.9. The first-order valence-corrected chi connectivity index (χ1v) is 10.8. The van der Waals surface area contributed by atoms with Crippen molar-refractivity contribution in [3.05, 3.63) is 59.9 Å². The molecule has 7 nitrogen and oxygen atoms in total. The highest BCUT2D eigenvalue weighted by atomic mass is 19.4. The molecule has 0 aliphatic carbocycles. The van der Waals surface area contributed by atoms with E-state index in [4.69, 9.17) is 4.74 Å². The van der Waals surface area contributed by atoms with E-state index in [0.717, 1.165) is 4.57 Å². The highest BCUT2D eigenvalue weighted by molar-refractivity contribution is 5.81. The molecule has 0 saturated carbocycles. The summed E-state index contributed by atoms with van der Waals surface area (Å²) in [6.45, 7) is 3.10. The summed E-state index contributed by atoms with van der Waals surface area (Å²) >= 11 is 0. The van der Waals surface area contributed by atoms with E-state index < -0.39 is 30.4 Å². The molecule has 0 fully saturated rings. The number of hydrogen-bond donors (Lipinski definition) is 1. The van der Waals surface area contributed by atoms with Crippen LogP contribution < -0.4 is 4.74 Å². The van der Waals surface area contributed by atoms with Gasteiger partial charge in [-0.1, -0.05) is 30.3 Å². The largest absolute Gasteiger partial charge is 0.491 e. The molecule has 0 aliphatic heterocycles. The number of aliphatic carboxylic acids is 1. The van der Waals surface area contributed by atoms with Gasteiger partial charge in [0.2, 0.25) is 11.7 Å². The third kappa shape index (κ3) is 6.27. The summed E-state index contributed by atoms with van der Waals surface area (Å²) < 4.78 is 47.2. The SMILES string of the molecule is CC(C)Oc1ccccc1CN(CC(=O)O)C(=O)CCCn1c(C(F)(F)F)nc2ccccc21. The van der Waals surface area contributed by atoms with Gasteiger partial charge in [-0.05, 0) is 38.5 Å². The molecule has 1 aromatic heterocycles. The molecular weight excluding hydrogens is 451 g/mol. The van der Waals surface area contributed by atoms with Gasteiger partial charge in [-0.15, -0.1) is 0 Å². The molecule has 0 unspecified atom stereocenters. The van der Waals surface area contributed by atoms with Crippen LogP contribution in [0.25, 0.3) is 11.0 Å². The minimum atomic E-state index is -4.64. The molecule has 0 bridgehead atoms. The number of carboxylic acids is 1. The van der Waals surface area contributed by atoms with Crippen molar-refractivity contribution in [1.82, 2.24) is 14.5 Å². The molecule has 1 amide bonds. The maximum atomic E-state index is 13.5. The van der Waals surface area contributed by atoms with Crippen LogP contribution >= 0.6 is 0 Å². The molecule has 182 valence electrons. The Kier molecular flexibility index (Phi) is 7.80. The van der Waals surface area contributed by atoms with Gasteiger partial charge in [0.15, 0.2) is 0 Å². The maximum Gasteiger partial charge on any atom is 0.449 e. The number of carboxylic acid groups (broad SMARTS) is 1. The van der Waals surface area contributed by atoms with Crippen LogP contribution in [0.15, 0.2) is 48.5 Å². The molecule has 1 N–H and O–H groups in total. The highest BCUT2D eigenvalue weighted by Gasteiger charge is 2.37. The number of benzene rings is 2. The van der Waals surface area contributed by atoms with Crippen molar-refractivity contribution in [2.45, 2.75) is 52.1 Å². The number of amides is 1. The Morgan fingerprint density at radius 3 is 2.47 bits per heavy atom. The third-order valence-electron chi connectivity index (χ3n) is 5.06. The second-order valence-electron chi connectivity index (χ2n) is 8.09. The first-order valence-electron chi connectivity index (χ1n) is 10.8. The predicted octanol–water partition coefficient (Wildman–Crippen LogP) is 4.74. The molecule has 0 atom stereocenters. The summed E-state index contributed by atoms with van der Waals surface area (Å²) in [5.41, 5.74) is 1.19. The van der Waals surface area contributed by atoms with E-state index in [1.807, 2.05) is 13.8 Å². The van der Waals surface area contributed by atoms with Crippen LogP contribution in [0.1, 0.15) is 38.1 Å². The number of rotatable bonds is 10. The number of hydrogen-bond acceptors (Lipinski definition) is 4. The average molecular weight is 477 g/mol. The molecule has 0 radical (unpaired) electrons. The second-order valence-corrected chi connectivity index (χ2v) is 8.09. The molecule has 1 heterocycles. The molecule has 0 spiro atoms. The molecular formula is C24H26F3N3O4. The Labute approximate surface area is 194 Å².